The maximum atomic E-state index is 11.6. The minimum Gasteiger partial charge on any atom is -0.392 e. The molecule has 160 valence electrons. The highest BCUT2D eigenvalue weighted by molar-refractivity contribution is 5.75. The molecule has 0 aromatic heterocycles. The molecule has 28 heavy (non-hydrogen) atoms. The fourth-order valence-corrected chi connectivity index (χ4v) is 4.44. The average Bonchev–Trinajstić information content (AvgIpc) is 3.14. The SMILES string of the molecule is CCCC[C@](C)(O)C/C=C/[C@@H]1[C@H]2CC(COCCC(=O)N(C)C)=C[C@H]2C[C@H]1O. The monoisotopic (exact) mass is 393 g/mol. The molecule has 2 rings (SSSR count). The Bertz CT molecular complexity index is 567. The van der Waals surface area contributed by atoms with E-state index in [9.17, 15) is 15.0 Å². The molecule has 0 heterocycles. The third-order valence-electron chi connectivity index (χ3n) is 6.18. The Kier molecular flexibility index (Phi) is 8.72. The van der Waals surface area contributed by atoms with Crippen molar-refractivity contribution in [3.8, 4) is 0 Å². The Labute approximate surface area is 170 Å². The van der Waals surface area contributed by atoms with Crippen LogP contribution in [0.3, 0.4) is 0 Å². The molecule has 5 atom stereocenters. The fourth-order valence-electron chi connectivity index (χ4n) is 4.44. The van der Waals surface area contributed by atoms with Crippen molar-refractivity contribution in [2.24, 2.45) is 17.8 Å². The van der Waals surface area contributed by atoms with Crippen LogP contribution in [0.25, 0.3) is 0 Å². The van der Waals surface area contributed by atoms with E-state index in [1.54, 1.807) is 19.0 Å². The molecule has 0 aromatic carbocycles. The molecule has 5 nitrogen and oxygen atoms in total. The maximum Gasteiger partial charge on any atom is 0.224 e. The summed E-state index contributed by atoms with van der Waals surface area (Å²) in [6, 6.07) is 0. The molecule has 0 radical (unpaired) electrons. The van der Waals surface area contributed by atoms with Crippen LogP contribution in [-0.2, 0) is 9.53 Å². The Morgan fingerprint density at radius 3 is 2.86 bits per heavy atom. The lowest BCUT2D eigenvalue weighted by molar-refractivity contribution is -0.129. The Morgan fingerprint density at radius 1 is 1.43 bits per heavy atom. The first-order valence-electron chi connectivity index (χ1n) is 10.8. The van der Waals surface area contributed by atoms with Gasteiger partial charge in [0.25, 0.3) is 0 Å². The van der Waals surface area contributed by atoms with E-state index >= 15 is 0 Å². The van der Waals surface area contributed by atoms with Crippen molar-refractivity contribution >= 4 is 5.91 Å². The van der Waals surface area contributed by atoms with Crippen molar-refractivity contribution in [3.63, 3.8) is 0 Å². The summed E-state index contributed by atoms with van der Waals surface area (Å²) >= 11 is 0. The van der Waals surface area contributed by atoms with Crippen molar-refractivity contribution in [3.05, 3.63) is 23.8 Å². The van der Waals surface area contributed by atoms with Gasteiger partial charge in [0.1, 0.15) is 0 Å². The molecule has 0 aliphatic heterocycles. The number of unbranched alkanes of at least 4 members (excludes halogenated alkanes) is 1. The van der Waals surface area contributed by atoms with Gasteiger partial charge in [0, 0.05) is 20.0 Å². The zero-order chi connectivity index (χ0) is 20.7. The number of rotatable bonds is 11. The standard InChI is InChI=1S/C23H39NO4/c1-5-6-10-23(2,27)11-7-8-19-20-14-17(13-18(20)15-21(19)25)16-28-12-9-22(26)24(3)4/h7-8,13,18-21,25,27H,5-6,9-12,14-16H2,1-4H3/b8-7+/t18-,19+,20-,21+,23-/m0/s1. The second kappa shape index (κ2) is 10.6. The second-order valence-corrected chi connectivity index (χ2v) is 9.06. The molecule has 2 N–H and O–H groups in total. The van der Waals surface area contributed by atoms with Gasteiger partial charge in [-0.1, -0.05) is 38.0 Å². The van der Waals surface area contributed by atoms with E-state index < -0.39 is 5.60 Å². The van der Waals surface area contributed by atoms with Gasteiger partial charge in [-0.2, -0.15) is 0 Å². The number of fused-ring (bicyclic) bond motifs is 1. The number of hydrogen-bond acceptors (Lipinski definition) is 4. The largest absolute Gasteiger partial charge is 0.392 e. The molecule has 2 aliphatic rings. The van der Waals surface area contributed by atoms with E-state index in [1.165, 1.54) is 5.57 Å². The summed E-state index contributed by atoms with van der Waals surface area (Å²) in [7, 11) is 3.51. The summed E-state index contributed by atoms with van der Waals surface area (Å²) in [4.78, 5) is 13.2. The lowest BCUT2D eigenvalue weighted by atomic mass is 9.88. The van der Waals surface area contributed by atoms with Gasteiger partial charge in [0.2, 0.25) is 5.91 Å². The van der Waals surface area contributed by atoms with Gasteiger partial charge in [-0.25, -0.2) is 0 Å². The number of carbonyl (C=O) groups is 1. The molecule has 5 heteroatoms. The summed E-state index contributed by atoms with van der Waals surface area (Å²) in [6.07, 6.45) is 11.9. The summed E-state index contributed by atoms with van der Waals surface area (Å²) in [6.45, 7) is 5.05. The van der Waals surface area contributed by atoms with Crippen LogP contribution in [0, 0.1) is 17.8 Å². The fraction of sp³-hybridized carbons (Fsp3) is 0.783. The third-order valence-corrected chi connectivity index (χ3v) is 6.18. The second-order valence-electron chi connectivity index (χ2n) is 9.06. The van der Waals surface area contributed by atoms with Gasteiger partial charge in [-0.3, -0.25) is 4.79 Å². The molecule has 0 bridgehead atoms. The van der Waals surface area contributed by atoms with Crippen molar-refractivity contribution in [1.29, 1.82) is 0 Å². The van der Waals surface area contributed by atoms with E-state index in [2.05, 4.69) is 25.2 Å². The van der Waals surface area contributed by atoms with Crippen LogP contribution in [0.4, 0.5) is 0 Å². The number of aliphatic hydroxyl groups is 2. The molecule has 0 unspecified atom stereocenters. The van der Waals surface area contributed by atoms with Crippen LogP contribution >= 0.6 is 0 Å². The summed E-state index contributed by atoms with van der Waals surface area (Å²) in [5, 5.41) is 20.9. The van der Waals surface area contributed by atoms with Crippen LogP contribution in [0.1, 0.15) is 58.8 Å². The van der Waals surface area contributed by atoms with Crippen molar-refractivity contribution in [2.75, 3.05) is 27.3 Å². The number of amides is 1. The number of aliphatic hydroxyl groups excluding tert-OH is 1. The maximum absolute atomic E-state index is 11.6. The molecule has 0 aromatic rings. The van der Waals surface area contributed by atoms with Crippen LogP contribution in [0.2, 0.25) is 0 Å². The molecule has 0 spiro atoms. The molecular weight excluding hydrogens is 354 g/mol. The van der Waals surface area contributed by atoms with E-state index in [0.29, 0.717) is 37.9 Å². The van der Waals surface area contributed by atoms with Gasteiger partial charge in [0.15, 0.2) is 0 Å². The van der Waals surface area contributed by atoms with E-state index in [-0.39, 0.29) is 17.9 Å². The predicted molar refractivity (Wildman–Crippen MR) is 112 cm³/mol. The zero-order valence-corrected chi connectivity index (χ0v) is 18.1. The number of carbonyl (C=O) groups excluding carboxylic acids is 1. The molecule has 1 saturated carbocycles. The highest BCUT2D eigenvalue weighted by atomic mass is 16.5. The number of allylic oxidation sites excluding steroid dienone is 1. The molecule has 1 fully saturated rings. The van der Waals surface area contributed by atoms with E-state index in [0.717, 1.165) is 32.1 Å². The molecule has 0 saturated heterocycles. The van der Waals surface area contributed by atoms with E-state index in [4.69, 9.17) is 4.74 Å². The van der Waals surface area contributed by atoms with Gasteiger partial charge < -0.3 is 19.8 Å². The normalized spacial score (nSPS) is 29.0. The van der Waals surface area contributed by atoms with Gasteiger partial charge in [-0.15, -0.1) is 0 Å². The first-order chi connectivity index (χ1) is 13.2. The Balaban J connectivity index is 1.78. The summed E-state index contributed by atoms with van der Waals surface area (Å²) in [5.74, 6) is 1.07. The first kappa shape index (κ1) is 23.1. The lowest BCUT2D eigenvalue weighted by Gasteiger charge is -2.22. The van der Waals surface area contributed by atoms with Crippen LogP contribution < -0.4 is 0 Å². The molecule has 2 aliphatic carbocycles. The summed E-state index contributed by atoms with van der Waals surface area (Å²) in [5.41, 5.74) is 0.624. The van der Waals surface area contributed by atoms with Crippen molar-refractivity contribution < 1.29 is 19.7 Å². The van der Waals surface area contributed by atoms with Crippen LogP contribution in [-0.4, -0.2) is 60.0 Å². The van der Waals surface area contributed by atoms with Crippen molar-refractivity contribution in [2.45, 2.75) is 70.5 Å². The predicted octanol–water partition coefficient (Wildman–Crippen LogP) is 3.31. The topological polar surface area (TPSA) is 70.0 Å². The average molecular weight is 394 g/mol. The highest BCUT2D eigenvalue weighted by Gasteiger charge is 2.43. The zero-order valence-electron chi connectivity index (χ0n) is 18.1. The minimum atomic E-state index is -0.660. The third kappa shape index (κ3) is 6.71. The van der Waals surface area contributed by atoms with Crippen molar-refractivity contribution in [1.82, 2.24) is 4.90 Å². The van der Waals surface area contributed by atoms with E-state index in [1.807, 2.05) is 6.92 Å². The minimum absolute atomic E-state index is 0.0837. The molecular formula is C23H39NO4. The molecule has 1 amide bonds. The Hall–Kier alpha value is -1.17. The number of ether oxygens (including phenoxy) is 1. The quantitative estimate of drug-likeness (QED) is 0.417. The number of hydrogen-bond donors (Lipinski definition) is 2. The summed E-state index contributed by atoms with van der Waals surface area (Å²) < 4.78 is 5.70. The van der Waals surface area contributed by atoms with Crippen LogP contribution in [0.15, 0.2) is 23.8 Å². The van der Waals surface area contributed by atoms with Gasteiger partial charge >= 0.3 is 0 Å². The smallest absolute Gasteiger partial charge is 0.224 e. The van der Waals surface area contributed by atoms with Crippen LogP contribution in [0.5, 0.6) is 0 Å². The highest BCUT2D eigenvalue weighted by Crippen LogP contribution is 2.47. The Morgan fingerprint density at radius 2 is 2.18 bits per heavy atom. The first-order valence-corrected chi connectivity index (χ1v) is 10.8. The lowest BCUT2D eigenvalue weighted by Crippen LogP contribution is -2.23. The number of nitrogens with zero attached hydrogens (tertiary/aromatic N) is 1. The van der Waals surface area contributed by atoms with Gasteiger partial charge in [0.05, 0.1) is 31.3 Å². The van der Waals surface area contributed by atoms with Gasteiger partial charge in [-0.05, 0) is 50.0 Å².